The monoisotopic (exact) mass is 357 g/mol. The van der Waals surface area contributed by atoms with Crippen LogP contribution in [0.5, 0.6) is 11.5 Å². The Labute approximate surface area is 153 Å². The number of ether oxygens (including phenoxy) is 2. The molecule has 26 heavy (non-hydrogen) atoms. The zero-order chi connectivity index (χ0) is 18.2. The summed E-state index contributed by atoms with van der Waals surface area (Å²) < 4.78 is 24.6. The van der Waals surface area contributed by atoms with E-state index in [9.17, 15) is 4.39 Å². The lowest BCUT2D eigenvalue weighted by atomic mass is 10.1. The van der Waals surface area contributed by atoms with Crippen molar-refractivity contribution >= 4 is 5.96 Å². The summed E-state index contributed by atoms with van der Waals surface area (Å²) >= 11 is 0. The zero-order valence-corrected chi connectivity index (χ0v) is 14.9. The van der Waals surface area contributed by atoms with Gasteiger partial charge in [0.15, 0.2) is 17.5 Å². The molecule has 0 spiro atoms. The molecule has 0 bridgehead atoms. The lowest BCUT2D eigenvalue weighted by molar-refractivity contribution is 0.297. The van der Waals surface area contributed by atoms with Crippen molar-refractivity contribution in [2.24, 2.45) is 4.99 Å². The lowest BCUT2D eigenvalue weighted by Crippen LogP contribution is -2.37. The summed E-state index contributed by atoms with van der Waals surface area (Å²) in [6.07, 6.45) is 1.62. The first-order chi connectivity index (χ1) is 12.7. The van der Waals surface area contributed by atoms with E-state index in [0.29, 0.717) is 32.3 Å². The quantitative estimate of drug-likeness (QED) is 0.638. The Kier molecular flexibility index (Phi) is 6.30. The molecule has 0 aromatic heterocycles. The molecular formula is C20H24FN3O2. The SMILES string of the molecule is CN=C(NCCc1cccc(F)c1)NCc1ccc2c(c1)OCCCO2. The van der Waals surface area contributed by atoms with E-state index < -0.39 is 0 Å². The van der Waals surface area contributed by atoms with E-state index in [2.05, 4.69) is 15.6 Å². The Morgan fingerprint density at radius 3 is 2.69 bits per heavy atom. The second-order valence-electron chi connectivity index (χ2n) is 6.06. The zero-order valence-electron chi connectivity index (χ0n) is 14.9. The normalized spacial score (nSPS) is 13.8. The number of nitrogens with zero attached hydrogens (tertiary/aromatic N) is 1. The summed E-state index contributed by atoms with van der Waals surface area (Å²) in [7, 11) is 1.73. The number of hydrogen-bond acceptors (Lipinski definition) is 3. The second kappa shape index (κ2) is 9.08. The van der Waals surface area contributed by atoms with Gasteiger partial charge in [-0.05, 0) is 41.8 Å². The van der Waals surface area contributed by atoms with Gasteiger partial charge in [-0.1, -0.05) is 18.2 Å². The van der Waals surface area contributed by atoms with Crippen LogP contribution >= 0.6 is 0 Å². The van der Waals surface area contributed by atoms with E-state index in [-0.39, 0.29) is 5.82 Å². The van der Waals surface area contributed by atoms with Gasteiger partial charge < -0.3 is 20.1 Å². The molecule has 0 saturated heterocycles. The van der Waals surface area contributed by atoms with Crippen molar-refractivity contribution in [2.45, 2.75) is 19.4 Å². The highest BCUT2D eigenvalue weighted by Crippen LogP contribution is 2.30. The van der Waals surface area contributed by atoms with E-state index in [0.717, 1.165) is 35.5 Å². The average molecular weight is 357 g/mol. The van der Waals surface area contributed by atoms with Crippen LogP contribution in [-0.2, 0) is 13.0 Å². The third-order valence-electron chi connectivity index (χ3n) is 4.09. The summed E-state index contributed by atoms with van der Waals surface area (Å²) in [4.78, 5) is 4.22. The number of halogens is 1. The molecule has 5 nitrogen and oxygen atoms in total. The summed E-state index contributed by atoms with van der Waals surface area (Å²) in [5.41, 5.74) is 2.04. The van der Waals surface area contributed by atoms with Gasteiger partial charge in [0, 0.05) is 26.6 Å². The standard InChI is InChI=1S/C20H24FN3O2/c1-22-20(23-9-8-15-4-2-5-17(21)12-15)24-14-16-6-7-18-19(13-16)26-11-3-10-25-18/h2,4-7,12-13H,3,8-11,14H2,1H3,(H2,22,23,24). The van der Waals surface area contributed by atoms with E-state index in [4.69, 9.17) is 9.47 Å². The Morgan fingerprint density at radius 2 is 1.88 bits per heavy atom. The van der Waals surface area contributed by atoms with Crippen molar-refractivity contribution in [3.05, 3.63) is 59.4 Å². The summed E-state index contributed by atoms with van der Waals surface area (Å²) in [6, 6.07) is 12.6. The molecule has 6 heteroatoms. The Morgan fingerprint density at radius 1 is 1.04 bits per heavy atom. The third kappa shape index (κ3) is 5.12. The molecule has 0 fully saturated rings. The summed E-state index contributed by atoms with van der Waals surface area (Å²) in [6.45, 7) is 2.65. The third-order valence-corrected chi connectivity index (χ3v) is 4.09. The first-order valence-electron chi connectivity index (χ1n) is 8.82. The molecule has 0 aliphatic carbocycles. The number of hydrogen-bond donors (Lipinski definition) is 2. The van der Waals surface area contributed by atoms with Crippen LogP contribution in [0.3, 0.4) is 0 Å². The molecule has 1 aliphatic rings. The Hall–Kier alpha value is -2.76. The fourth-order valence-corrected chi connectivity index (χ4v) is 2.74. The van der Waals surface area contributed by atoms with Crippen molar-refractivity contribution < 1.29 is 13.9 Å². The minimum absolute atomic E-state index is 0.209. The van der Waals surface area contributed by atoms with Crippen LogP contribution in [-0.4, -0.2) is 32.8 Å². The maximum Gasteiger partial charge on any atom is 0.191 e. The predicted molar refractivity (Wildman–Crippen MR) is 100 cm³/mol. The fourth-order valence-electron chi connectivity index (χ4n) is 2.74. The molecule has 0 unspecified atom stereocenters. The largest absolute Gasteiger partial charge is 0.490 e. The van der Waals surface area contributed by atoms with Crippen LogP contribution in [0.1, 0.15) is 17.5 Å². The van der Waals surface area contributed by atoms with Gasteiger partial charge in [-0.15, -0.1) is 0 Å². The minimum atomic E-state index is -0.209. The van der Waals surface area contributed by atoms with Crippen LogP contribution in [0.2, 0.25) is 0 Å². The van der Waals surface area contributed by atoms with Crippen molar-refractivity contribution in [1.29, 1.82) is 0 Å². The van der Waals surface area contributed by atoms with Crippen LogP contribution in [0, 0.1) is 5.82 Å². The molecule has 2 aromatic rings. The Bertz CT molecular complexity index is 764. The topological polar surface area (TPSA) is 54.9 Å². The number of nitrogens with one attached hydrogen (secondary N) is 2. The van der Waals surface area contributed by atoms with Crippen LogP contribution in [0.25, 0.3) is 0 Å². The van der Waals surface area contributed by atoms with Gasteiger partial charge in [0.2, 0.25) is 0 Å². The van der Waals surface area contributed by atoms with Gasteiger partial charge >= 0.3 is 0 Å². The fraction of sp³-hybridized carbons (Fsp3) is 0.350. The molecule has 0 atom stereocenters. The van der Waals surface area contributed by atoms with E-state index >= 15 is 0 Å². The molecule has 1 aliphatic heterocycles. The first-order valence-corrected chi connectivity index (χ1v) is 8.82. The summed E-state index contributed by atoms with van der Waals surface area (Å²) in [5.74, 6) is 2.08. The minimum Gasteiger partial charge on any atom is -0.490 e. The molecule has 138 valence electrons. The number of benzene rings is 2. The van der Waals surface area contributed by atoms with E-state index in [1.807, 2.05) is 24.3 Å². The highest BCUT2D eigenvalue weighted by Gasteiger charge is 2.10. The van der Waals surface area contributed by atoms with Crippen LogP contribution < -0.4 is 20.1 Å². The molecule has 1 heterocycles. The van der Waals surface area contributed by atoms with Crippen molar-refractivity contribution in [1.82, 2.24) is 10.6 Å². The van der Waals surface area contributed by atoms with E-state index in [1.54, 1.807) is 19.2 Å². The van der Waals surface area contributed by atoms with Crippen molar-refractivity contribution in [2.75, 3.05) is 26.8 Å². The smallest absolute Gasteiger partial charge is 0.191 e. The first kappa shape index (κ1) is 18.0. The number of fused-ring (bicyclic) bond motifs is 1. The van der Waals surface area contributed by atoms with Crippen molar-refractivity contribution in [3.8, 4) is 11.5 Å². The van der Waals surface area contributed by atoms with Gasteiger partial charge in [-0.2, -0.15) is 0 Å². The van der Waals surface area contributed by atoms with Gasteiger partial charge in [-0.3, -0.25) is 4.99 Å². The molecule has 0 radical (unpaired) electrons. The molecule has 2 N–H and O–H groups in total. The van der Waals surface area contributed by atoms with Gasteiger partial charge in [0.05, 0.1) is 13.2 Å². The maximum atomic E-state index is 13.2. The molecular weight excluding hydrogens is 333 g/mol. The predicted octanol–water partition coefficient (Wildman–Crippen LogP) is 2.89. The number of guanidine groups is 1. The van der Waals surface area contributed by atoms with E-state index in [1.165, 1.54) is 6.07 Å². The molecule has 3 rings (SSSR count). The highest BCUT2D eigenvalue weighted by atomic mass is 19.1. The number of rotatable bonds is 5. The van der Waals surface area contributed by atoms with Crippen LogP contribution in [0.15, 0.2) is 47.5 Å². The van der Waals surface area contributed by atoms with Crippen molar-refractivity contribution in [3.63, 3.8) is 0 Å². The maximum absolute atomic E-state index is 13.2. The molecule has 0 amide bonds. The Balaban J connectivity index is 1.49. The highest BCUT2D eigenvalue weighted by molar-refractivity contribution is 5.79. The average Bonchev–Trinajstić information content (AvgIpc) is 2.89. The van der Waals surface area contributed by atoms with Gasteiger partial charge in [0.25, 0.3) is 0 Å². The van der Waals surface area contributed by atoms with Gasteiger partial charge in [-0.25, -0.2) is 4.39 Å². The van der Waals surface area contributed by atoms with Gasteiger partial charge in [0.1, 0.15) is 5.82 Å². The second-order valence-corrected chi connectivity index (χ2v) is 6.06. The lowest BCUT2D eigenvalue weighted by Gasteiger charge is -2.13. The molecule has 2 aromatic carbocycles. The van der Waals surface area contributed by atoms with Crippen LogP contribution in [0.4, 0.5) is 4.39 Å². The number of aliphatic imine (C=N–C) groups is 1. The summed E-state index contributed by atoms with van der Waals surface area (Å²) in [5, 5.41) is 6.51. The molecule has 0 saturated carbocycles.